The van der Waals surface area contributed by atoms with E-state index in [-0.39, 0.29) is 11.3 Å². The van der Waals surface area contributed by atoms with E-state index in [1.807, 2.05) is 6.92 Å². The minimum atomic E-state index is -0.718. The molecule has 0 heterocycles. The Morgan fingerprint density at radius 2 is 2.11 bits per heavy atom. The molecule has 1 aliphatic carbocycles. The molecular formula is C14H18FNO2. The van der Waals surface area contributed by atoms with E-state index in [9.17, 15) is 9.18 Å². The summed E-state index contributed by atoms with van der Waals surface area (Å²) in [4.78, 5) is 12.3. The van der Waals surface area contributed by atoms with E-state index >= 15 is 0 Å². The van der Waals surface area contributed by atoms with E-state index < -0.39 is 11.6 Å². The van der Waals surface area contributed by atoms with Gasteiger partial charge in [0.2, 0.25) is 5.91 Å². The van der Waals surface area contributed by atoms with Crippen molar-refractivity contribution in [2.45, 2.75) is 39.0 Å². The topological polar surface area (TPSA) is 49.3 Å². The van der Waals surface area contributed by atoms with Crippen LogP contribution in [0.2, 0.25) is 0 Å². The summed E-state index contributed by atoms with van der Waals surface area (Å²) in [5, 5.41) is 11.9. The number of hydrogen-bond donors (Lipinski definition) is 2. The van der Waals surface area contributed by atoms with Crippen LogP contribution in [0.15, 0.2) is 18.2 Å². The fourth-order valence-electron chi connectivity index (χ4n) is 2.64. The van der Waals surface area contributed by atoms with Gasteiger partial charge in [-0.2, -0.15) is 0 Å². The fraction of sp³-hybridized carbons (Fsp3) is 0.500. The Morgan fingerprint density at radius 1 is 1.44 bits per heavy atom. The van der Waals surface area contributed by atoms with Gasteiger partial charge in [-0.1, -0.05) is 19.8 Å². The molecule has 1 amide bonds. The number of carbonyl (C=O) groups excluding carboxylic acids is 1. The van der Waals surface area contributed by atoms with E-state index in [2.05, 4.69) is 5.32 Å². The normalized spacial score (nSPS) is 17.7. The Bertz CT molecular complexity index is 453. The predicted octanol–water partition coefficient (Wildman–Crippen LogP) is 3.44. The maximum Gasteiger partial charge on any atom is 0.230 e. The van der Waals surface area contributed by atoms with Crippen molar-refractivity contribution in [3.8, 4) is 5.75 Å². The molecule has 0 spiro atoms. The molecule has 1 saturated carbocycles. The van der Waals surface area contributed by atoms with Crippen molar-refractivity contribution in [2.24, 2.45) is 5.41 Å². The van der Waals surface area contributed by atoms with Crippen LogP contribution < -0.4 is 5.32 Å². The maximum absolute atomic E-state index is 13.2. The molecule has 3 nitrogen and oxygen atoms in total. The second-order valence-corrected chi connectivity index (χ2v) is 4.96. The number of phenols is 1. The van der Waals surface area contributed by atoms with E-state index in [0.29, 0.717) is 5.69 Å². The van der Waals surface area contributed by atoms with Crippen LogP contribution >= 0.6 is 0 Å². The number of hydrogen-bond acceptors (Lipinski definition) is 2. The average Bonchev–Trinajstić information content (AvgIpc) is 2.84. The molecule has 1 aromatic rings. The number of carbonyl (C=O) groups is 1. The highest BCUT2D eigenvalue weighted by Crippen LogP contribution is 2.41. The van der Waals surface area contributed by atoms with Crippen molar-refractivity contribution >= 4 is 11.6 Å². The van der Waals surface area contributed by atoms with Crippen molar-refractivity contribution in [1.29, 1.82) is 0 Å². The summed E-state index contributed by atoms with van der Waals surface area (Å²) in [5.74, 6) is -1.16. The molecule has 1 fully saturated rings. The number of nitrogens with one attached hydrogen (secondary N) is 1. The zero-order chi connectivity index (χ0) is 13.2. The molecule has 4 heteroatoms. The van der Waals surface area contributed by atoms with Crippen molar-refractivity contribution in [1.82, 2.24) is 0 Å². The van der Waals surface area contributed by atoms with E-state index in [0.717, 1.165) is 38.2 Å². The molecule has 0 aliphatic heterocycles. The summed E-state index contributed by atoms with van der Waals surface area (Å²) in [6, 6.07) is 3.90. The van der Waals surface area contributed by atoms with Crippen LogP contribution in [-0.4, -0.2) is 11.0 Å². The Morgan fingerprint density at radius 3 is 2.67 bits per heavy atom. The maximum atomic E-state index is 13.2. The Kier molecular flexibility index (Phi) is 3.55. The van der Waals surface area contributed by atoms with Gasteiger partial charge in [0.25, 0.3) is 0 Å². The molecule has 1 aromatic carbocycles. The fourth-order valence-corrected chi connectivity index (χ4v) is 2.64. The molecule has 0 unspecified atom stereocenters. The second kappa shape index (κ2) is 4.96. The zero-order valence-electron chi connectivity index (χ0n) is 10.5. The highest BCUT2D eigenvalue weighted by atomic mass is 19.1. The van der Waals surface area contributed by atoms with Gasteiger partial charge in [0.15, 0.2) is 11.6 Å². The van der Waals surface area contributed by atoms with E-state index in [1.165, 1.54) is 12.1 Å². The van der Waals surface area contributed by atoms with Gasteiger partial charge < -0.3 is 10.4 Å². The number of rotatable bonds is 3. The zero-order valence-corrected chi connectivity index (χ0v) is 10.5. The Labute approximate surface area is 106 Å². The first-order valence-electron chi connectivity index (χ1n) is 6.37. The number of anilines is 1. The summed E-state index contributed by atoms with van der Waals surface area (Å²) >= 11 is 0. The summed E-state index contributed by atoms with van der Waals surface area (Å²) < 4.78 is 13.2. The van der Waals surface area contributed by atoms with Crippen LogP contribution in [0, 0.1) is 11.2 Å². The molecule has 2 rings (SSSR count). The number of halogens is 1. The first kappa shape index (κ1) is 12.9. The third kappa shape index (κ3) is 2.33. The van der Waals surface area contributed by atoms with Gasteiger partial charge in [-0.25, -0.2) is 4.39 Å². The number of amides is 1. The monoisotopic (exact) mass is 251 g/mol. The van der Waals surface area contributed by atoms with Gasteiger partial charge in [-0.05, 0) is 31.4 Å². The molecule has 0 atom stereocenters. The van der Waals surface area contributed by atoms with Gasteiger partial charge in [-0.15, -0.1) is 0 Å². The summed E-state index contributed by atoms with van der Waals surface area (Å²) in [6.45, 7) is 2.02. The lowest BCUT2D eigenvalue weighted by molar-refractivity contribution is -0.125. The first-order chi connectivity index (χ1) is 8.57. The molecule has 2 N–H and O–H groups in total. The van der Waals surface area contributed by atoms with Crippen LogP contribution in [0.3, 0.4) is 0 Å². The Hall–Kier alpha value is -1.58. The van der Waals surface area contributed by atoms with Crippen LogP contribution in [0.1, 0.15) is 39.0 Å². The highest BCUT2D eigenvalue weighted by Gasteiger charge is 2.39. The summed E-state index contributed by atoms with van der Waals surface area (Å²) in [5.41, 5.74) is 0.101. The Balaban J connectivity index is 2.13. The van der Waals surface area contributed by atoms with Crippen LogP contribution in [-0.2, 0) is 4.79 Å². The smallest absolute Gasteiger partial charge is 0.230 e. The lowest BCUT2D eigenvalue weighted by Gasteiger charge is -2.26. The van der Waals surface area contributed by atoms with Gasteiger partial charge in [-0.3, -0.25) is 4.79 Å². The molecule has 0 aromatic heterocycles. The molecule has 1 aliphatic rings. The minimum Gasteiger partial charge on any atom is -0.505 e. The quantitative estimate of drug-likeness (QED) is 0.808. The molecule has 18 heavy (non-hydrogen) atoms. The first-order valence-corrected chi connectivity index (χ1v) is 6.37. The van der Waals surface area contributed by atoms with Gasteiger partial charge in [0, 0.05) is 17.2 Å². The predicted molar refractivity (Wildman–Crippen MR) is 67.9 cm³/mol. The molecule has 0 bridgehead atoms. The van der Waals surface area contributed by atoms with Gasteiger partial charge >= 0.3 is 0 Å². The lowest BCUT2D eigenvalue weighted by atomic mass is 9.82. The third-order valence-electron chi connectivity index (χ3n) is 3.92. The number of benzene rings is 1. The van der Waals surface area contributed by atoms with E-state index in [4.69, 9.17) is 5.11 Å². The molecule has 0 saturated heterocycles. The number of phenolic OH excluding ortho intramolecular Hbond substituents is 1. The van der Waals surface area contributed by atoms with Crippen molar-refractivity contribution in [2.75, 3.05) is 5.32 Å². The van der Waals surface area contributed by atoms with Crippen molar-refractivity contribution in [3.05, 3.63) is 24.0 Å². The van der Waals surface area contributed by atoms with Gasteiger partial charge in [0.05, 0.1) is 0 Å². The van der Waals surface area contributed by atoms with Crippen molar-refractivity contribution < 1.29 is 14.3 Å². The van der Waals surface area contributed by atoms with E-state index in [1.54, 1.807) is 0 Å². The standard InChI is InChI=1S/C14H18FNO2/c1-2-14(7-3-4-8-14)13(18)16-10-5-6-12(17)11(15)9-10/h5-6,9,17H,2-4,7-8H2,1H3,(H,16,18). The lowest BCUT2D eigenvalue weighted by Crippen LogP contribution is -2.33. The molecule has 98 valence electrons. The van der Waals surface area contributed by atoms with Crippen LogP contribution in [0.25, 0.3) is 0 Å². The van der Waals surface area contributed by atoms with Gasteiger partial charge in [0.1, 0.15) is 0 Å². The molecule has 0 radical (unpaired) electrons. The van der Waals surface area contributed by atoms with Crippen LogP contribution in [0.4, 0.5) is 10.1 Å². The minimum absolute atomic E-state index is 0.0346. The van der Waals surface area contributed by atoms with Crippen LogP contribution in [0.5, 0.6) is 5.75 Å². The summed E-state index contributed by atoms with van der Waals surface area (Å²) in [6.07, 6.45) is 4.75. The van der Waals surface area contributed by atoms with Crippen molar-refractivity contribution in [3.63, 3.8) is 0 Å². The highest BCUT2D eigenvalue weighted by molar-refractivity contribution is 5.95. The number of aromatic hydroxyl groups is 1. The molecular weight excluding hydrogens is 233 g/mol. The third-order valence-corrected chi connectivity index (χ3v) is 3.92. The largest absolute Gasteiger partial charge is 0.505 e. The second-order valence-electron chi connectivity index (χ2n) is 4.96. The SMILES string of the molecule is CCC1(C(=O)Nc2ccc(O)c(F)c2)CCCC1. The average molecular weight is 251 g/mol. The summed E-state index contributed by atoms with van der Waals surface area (Å²) in [7, 11) is 0.